The lowest BCUT2D eigenvalue weighted by Gasteiger charge is -1.50. The molecule has 13 heavy (non-hydrogen) atoms. The summed E-state index contributed by atoms with van der Waals surface area (Å²) in [4.78, 5) is 0. The number of ether oxygens (including phenoxy) is 1. The predicted octanol–water partition coefficient (Wildman–Crippen LogP) is 4.68. The second-order valence-corrected chi connectivity index (χ2v) is 1.55. The van der Waals surface area contributed by atoms with Gasteiger partial charge in [0.05, 0.1) is 12.7 Å². The summed E-state index contributed by atoms with van der Waals surface area (Å²) in [5.41, 5.74) is 0. The van der Waals surface area contributed by atoms with E-state index in [1.165, 1.54) is 0 Å². The molecule has 1 aliphatic heterocycles. The molecule has 0 saturated carbocycles. The highest BCUT2D eigenvalue weighted by molar-refractivity contribution is 4.58. The summed E-state index contributed by atoms with van der Waals surface area (Å²) in [5.74, 6) is 0. The molecule has 0 N–H and O–H groups in total. The van der Waals surface area contributed by atoms with Gasteiger partial charge in [-0.2, -0.15) is 0 Å². The van der Waals surface area contributed by atoms with Crippen LogP contribution in [0.4, 0.5) is 0 Å². The Kier molecular flexibility index (Phi) is 72.8. The summed E-state index contributed by atoms with van der Waals surface area (Å²) < 4.78 is 4.71. The largest absolute Gasteiger partial charge is 0.373 e. The van der Waals surface area contributed by atoms with Crippen molar-refractivity contribution in [1.29, 1.82) is 0 Å². The minimum absolute atomic E-state index is 0.583. The quantitative estimate of drug-likeness (QED) is 0.399. The molecule has 0 radical (unpaired) electrons. The van der Waals surface area contributed by atoms with Gasteiger partial charge in [-0.15, -0.1) is 6.58 Å². The Morgan fingerprint density at radius 1 is 1.08 bits per heavy atom. The molecule has 0 bridgehead atoms. The van der Waals surface area contributed by atoms with Crippen LogP contribution in [0.1, 0.15) is 55.4 Å². The van der Waals surface area contributed by atoms with Crippen molar-refractivity contribution in [3.63, 3.8) is 0 Å². The fourth-order valence-corrected chi connectivity index (χ4v) is 0.0962. The van der Waals surface area contributed by atoms with E-state index in [1.807, 2.05) is 48.5 Å². The lowest BCUT2D eigenvalue weighted by molar-refractivity contribution is 0.423. The van der Waals surface area contributed by atoms with E-state index in [9.17, 15) is 0 Å². The molecule has 0 amide bonds. The van der Waals surface area contributed by atoms with Gasteiger partial charge >= 0.3 is 0 Å². The molecule has 1 nitrogen and oxygen atoms in total. The molecular weight excluding hydrogens is 160 g/mol. The third-order valence-electron chi connectivity index (χ3n) is 0.500. The van der Waals surface area contributed by atoms with Crippen molar-refractivity contribution in [2.24, 2.45) is 0 Å². The van der Waals surface area contributed by atoms with Crippen LogP contribution in [0.5, 0.6) is 0 Å². The fraction of sp³-hybridized carbons (Fsp3) is 0.833. The van der Waals surface area contributed by atoms with Gasteiger partial charge in [-0.25, -0.2) is 0 Å². The number of hydrogen-bond acceptors (Lipinski definition) is 1. The first-order chi connectivity index (χ1) is 6.31. The molecule has 0 aromatic heterocycles. The lowest BCUT2D eigenvalue weighted by Crippen LogP contribution is -1.60. The average molecular weight is 190 g/mol. The van der Waals surface area contributed by atoms with E-state index >= 15 is 0 Å². The Bertz CT molecular complexity index is 47.1. The van der Waals surface area contributed by atoms with Crippen molar-refractivity contribution in [3.8, 4) is 0 Å². The first kappa shape index (κ1) is 23.0. The Morgan fingerprint density at radius 2 is 1.15 bits per heavy atom. The first-order valence-electron chi connectivity index (χ1n) is 5.50. The summed E-state index contributed by atoms with van der Waals surface area (Å²) in [6, 6.07) is 0. The van der Waals surface area contributed by atoms with Crippen molar-refractivity contribution in [2.75, 3.05) is 6.61 Å². The Balaban J connectivity index is -0.0000000413. The molecule has 1 heteroatoms. The van der Waals surface area contributed by atoms with Crippen molar-refractivity contribution < 1.29 is 4.74 Å². The second-order valence-electron chi connectivity index (χ2n) is 1.55. The highest BCUT2D eigenvalue weighted by Crippen LogP contribution is 2.04. The molecule has 1 aliphatic rings. The maximum atomic E-state index is 4.71. The summed E-state index contributed by atoms with van der Waals surface area (Å²) >= 11 is 0. The van der Waals surface area contributed by atoms with E-state index in [0.717, 1.165) is 6.61 Å². The number of allylic oxidation sites excluding steroid dienone is 1. The molecule has 1 atom stereocenters. The molecule has 1 fully saturated rings. The van der Waals surface area contributed by atoms with Crippen molar-refractivity contribution in [2.45, 2.75) is 61.5 Å². The van der Waals surface area contributed by atoms with Crippen LogP contribution < -0.4 is 0 Å². The summed E-state index contributed by atoms with van der Waals surface area (Å²) in [7, 11) is 0. The van der Waals surface area contributed by atoms with Crippen molar-refractivity contribution in [3.05, 3.63) is 12.7 Å². The van der Waals surface area contributed by atoms with Crippen LogP contribution in [0.3, 0.4) is 0 Å². The lowest BCUT2D eigenvalue weighted by atomic mass is 10.6. The van der Waals surface area contributed by atoms with Gasteiger partial charge in [-0.1, -0.05) is 47.6 Å². The van der Waals surface area contributed by atoms with Gasteiger partial charge in [0.1, 0.15) is 0 Å². The van der Waals surface area contributed by atoms with Crippen LogP contribution >= 0.6 is 0 Å². The molecule has 0 aromatic rings. The number of epoxide rings is 1. The maximum Gasteiger partial charge on any atom is 0.0781 e. The SMILES string of the molecule is C=CC.CC.CC.CC.CC1CO1. The summed E-state index contributed by atoms with van der Waals surface area (Å²) in [6.07, 6.45) is 2.33. The molecule has 84 valence electrons. The predicted molar refractivity (Wildman–Crippen MR) is 65.3 cm³/mol. The van der Waals surface area contributed by atoms with Crippen LogP contribution in [0.2, 0.25) is 0 Å². The van der Waals surface area contributed by atoms with Gasteiger partial charge < -0.3 is 4.74 Å². The van der Waals surface area contributed by atoms with Gasteiger partial charge in [-0.05, 0) is 13.8 Å². The minimum atomic E-state index is 0.583. The first-order valence-corrected chi connectivity index (χ1v) is 5.50. The molecule has 1 unspecified atom stereocenters. The van der Waals surface area contributed by atoms with Crippen molar-refractivity contribution in [1.82, 2.24) is 0 Å². The zero-order valence-corrected chi connectivity index (χ0v) is 11.0. The van der Waals surface area contributed by atoms with Crippen LogP contribution in [0.15, 0.2) is 12.7 Å². The van der Waals surface area contributed by atoms with Gasteiger partial charge in [0, 0.05) is 0 Å². The number of hydrogen-bond donors (Lipinski definition) is 0. The minimum Gasteiger partial charge on any atom is -0.373 e. The molecule has 1 heterocycles. The zero-order valence-electron chi connectivity index (χ0n) is 11.0. The Labute approximate surface area is 86.2 Å². The van der Waals surface area contributed by atoms with Crippen molar-refractivity contribution >= 4 is 0 Å². The Hall–Kier alpha value is -0.300. The highest BCUT2D eigenvalue weighted by Gasteiger charge is 2.13. The van der Waals surface area contributed by atoms with Crippen LogP contribution in [-0.2, 0) is 4.74 Å². The van der Waals surface area contributed by atoms with E-state index in [0.29, 0.717) is 6.10 Å². The topological polar surface area (TPSA) is 12.5 Å². The summed E-state index contributed by atoms with van der Waals surface area (Å²) in [6.45, 7) is 20.3. The second kappa shape index (κ2) is 41.2. The average Bonchev–Trinajstić information content (AvgIpc) is 2.99. The maximum absolute atomic E-state index is 4.71. The van der Waals surface area contributed by atoms with Crippen LogP contribution in [-0.4, -0.2) is 12.7 Å². The standard InChI is InChI=1S/C3H6O.C3H6.3C2H6/c1-3-2-4-3;1-3-2;3*1-2/h3H,2H2,1H3;3H,1H2,2H3;3*1-2H3. The third kappa shape index (κ3) is 151. The normalized spacial score (nSPS) is 14.6. The molecule has 1 saturated heterocycles. The van der Waals surface area contributed by atoms with Crippen LogP contribution in [0, 0.1) is 0 Å². The van der Waals surface area contributed by atoms with E-state index in [-0.39, 0.29) is 0 Å². The Morgan fingerprint density at radius 3 is 1.15 bits per heavy atom. The third-order valence-corrected chi connectivity index (χ3v) is 0.500. The summed E-state index contributed by atoms with van der Waals surface area (Å²) in [5, 5.41) is 0. The smallest absolute Gasteiger partial charge is 0.0781 e. The number of rotatable bonds is 0. The molecular formula is C12H30O. The fourth-order valence-electron chi connectivity index (χ4n) is 0.0962. The zero-order chi connectivity index (χ0) is 11.7. The van der Waals surface area contributed by atoms with E-state index in [4.69, 9.17) is 4.74 Å². The monoisotopic (exact) mass is 190 g/mol. The van der Waals surface area contributed by atoms with Gasteiger partial charge in [0.15, 0.2) is 0 Å². The molecule has 0 aromatic carbocycles. The van der Waals surface area contributed by atoms with E-state index in [1.54, 1.807) is 6.08 Å². The highest BCUT2D eigenvalue weighted by atomic mass is 16.6. The van der Waals surface area contributed by atoms with Gasteiger partial charge in [-0.3, -0.25) is 0 Å². The molecule has 1 rings (SSSR count). The van der Waals surface area contributed by atoms with Crippen LogP contribution in [0.25, 0.3) is 0 Å². The van der Waals surface area contributed by atoms with Gasteiger partial charge in [0.25, 0.3) is 0 Å². The van der Waals surface area contributed by atoms with E-state index < -0.39 is 0 Å². The molecule has 0 aliphatic carbocycles. The van der Waals surface area contributed by atoms with Gasteiger partial charge in [0.2, 0.25) is 0 Å². The van der Waals surface area contributed by atoms with E-state index in [2.05, 4.69) is 13.5 Å². The molecule has 0 spiro atoms.